The Morgan fingerprint density at radius 2 is 2.18 bits per heavy atom. The molecule has 2 aromatic heterocycles. The molecule has 1 aliphatic rings. The van der Waals surface area contributed by atoms with Gasteiger partial charge in [0.05, 0.1) is 28.9 Å². The third-order valence-corrected chi connectivity index (χ3v) is 4.92. The number of amides is 1. The molecule has 22 heavy (non-hydrogen) atoms. The van der Waals surface area contributed by atoms with Crippen molar-refractivity contribution in [3.8, 4) is 0 Å². The predicted octanol–water partition coefficient (Wildman–Crippen LogP) is 2.64. The standard InChI is InChI=1S/C16H15N3O2S/c20-15(17-8-12-4-3-7-21-12)11-9-19(10-11)16-18-13-5-1-2-6-14(13)22-16/h1-7,11H,8-10H2,(H,17,20). The van der Waals surface area contributed by atoms with Crippen LogP contribution in [0.4, 0.5) is 5.13 Å². The number of aromatic nitrogens is 1. The average molecular weight is 313 g/mol. The number of hydrogen-bond donors (Lipinski definition) is 1. The maximum absolute atomic E-state index is 12.1. The average Bonchev–Trinajstić information content (AvgIpc) is 3.12. The van der Waals surface area contributed by atoms with E-state index >= 15 is 0 Å². The predicted molar refractivity (Wildman–Crippen MR) is 85.9 cm³/mol. The van der Waals surface area contributed by atoms with Crippen molar-refractivity contribution in [2.75, 3.05) is 18.0 Å². The lowest BCUT2D eigenvalue weighted by Gasteiger charge is -2.37. The highest BCUT2D eigenvalue weighted by Gasteiger charge is 2.34. The van der Waals surface area contributed by atoms with Crippen LogP contribution in [0.3, 0.4) is 0 Å². The van der Waals surface area contributed by atoms with E-state index in [2.05, 4.69) is 21.3 Å². The molecule has 1 aromatic carbocycles. The molecule has 4 rings (SSSR count). The number of rotatable bonds is 4. The van der Waals surface area contributed by atoms with Gasteiger partial charge in [0.15, 0.2) is 5.13 Å². The van der Waals surface area contributed by atoms with E-state index < -0.39 is 0 Å². The number of anilines is 1. The summed E-state index contributed by atoms with van der Waals surface area (Å²) in [5.41, 5.74) is 1.02. The van der Waals surface area contributed by atoms with Crippen molar-refractivity contribution in [2.45, 2.75) is 6.54 Å². The number of carbonyl (C=O) groups is 1. The maximum Gasteiger partial charge on any atom is 0.227 e. The van der Waals surface area contributed by atoms with Gasteiger partial charge in [-0.15, -0.1) is 0 Å². The molecule has 0 saturated carbocycles. The van der Waals surface area contributed by atoms with Crippen LogP contribution < -0.4 is 10.2 Å². The van der Waals surface area contributed by atoms with Crippen LogP contribution in [0, 0.1) is 5.92 Å². The van der Waals surface area contributed by atoms with Crippen LogP contribution in [0.2, 0.25) is 0 Å². The Hall–Kier alpha value is -2.34. The fraction of sp³-hybridized carbons (Fsp3) is 0.250. The summed E-state index contributed by atoms with van der Waals surface area (Å²) < 4.78 is 6.39. The van der Waals surface area contributed by atoms with Crippen molar-refractivity contribution in [3.05, 3.63) is 48.4 Å². The number of hydrogen-bond acceptors (Lipinski definition) is 5. The SMILES string of the molecule is O=C(NCc1ccco1)C1CN(c2nc3ccccc3s2)C1. The van der Waals surface area contributed by atoms with Crippen molar-refractivity contribution >= 4 is 32.6 Å². The lowest BCUT2D eigenvalue weighted by molar-refractivity contribution is -0.125. The van der Waals surface area contributed by atoms with E-state index in [0.29, 0.717) is 6.54 Å². The summed E-state index contributed by atoms with van der Waals surface area (Å²) in [5.74, 6) is 0.881. The summed E-state index contributed by atoms with van der Waals surface area (Å²) in [6.45, 7) is 1.90. The number of fused-ring (bicyclic) bond motifs is 1. The Balaban J connectivity index is 1.34. The smallest absolute Gasteiger partial charge is 0.227 e. The first-order valence-electron chi connectivity index (χ1n) is 7.20. The van der Waals surface area contributed by atoms with Crippen molar-refractivity contribution in [1.82, 2.24) is 10.3 Å². The fourth-order valence-electron chi connectivity index (χ4n) is 2.53. The molecule has 0 aliphatic carbocycles. The van der Waals surface area contributed by atoms with E-state index in [0.717, 1.165) is 29.5 Å². The molecule has 1 saturated heterocycles. The highest BCUT2D eigenvalue weighted by molar-refractivity contribution is 7.22. The van der Waals surface area contributed by atoms with Gasteiger partial charge in [-0.25, -0.2) is 4.98 Å². The Morgan fingerprint density at radius 3 is 2.95 bits per heavy atom. The van der Waals surface area contributed by atoms with E-state index in [-0.39, 0.29) is 11.8 Å². The van der Waals surface area contributed by atoms with Gasteiger partial charge in [-0.2, -0.15) is 0 Å². The Morgan fingerprint density at radius 1 is 1.32 bits per heavy atom. The highest BCUT2D eigenvalue weighted by atomic mass is 32.1. The molecule has 1 amide bonds. The molecule has 1 N–H and O–H groups in total. The van der Waals surface area contributed by atoms with Crippen LogP contribution in [-0.2, 0) is 11.3 Å². The molecule has 0 bridgehead atoms. The summed E-state index contributed by atoms with van der Waals surface area (Å²) in [4.78, 5) is 18.8. The van der Waals surface area contributed by atoms with Gasteiger partial charge in [0.1, 0.15) is 5.76 Å². The Labute approximate surface area is 131 Å². The second kappa shape index (κ2) is 5.46. The van der Waals surface area contributed by atoms with Crippen LogP contribution in [0.15, 0.2) is 47.1 Å². The Bertz CT molecular complexity index is 758. The lowest BCUT2D eigenvalue weighted by atomic mass is 10.0. The van der Waals surface area contributed by atoms with E-state index in [4.69, 9.17) is 4.42 Å². The third-order valence-electron chi connectivity index (χ3n) is 3.82. The number of nitrogens with zero attached hydrogens (tertiary/aromatic N) is 2. The number of thiazole rings is 1. The number of benzene rings is 1. The molecule has 0 radical (unpaired) electrons. The molecular formula is C16H15N3O2S. The topological polar surface area (TPSA) is 58.4 Å². The number of nitrogens with one attached hydrogen (secondary N) is 1. The molecule has 112 valence electrons. The Kier molecular flexibility index (Phi) is 3.31. The van der Waals surface area contributed by atoms with Gasteiger partial charge < -0.3 is 14.6 Å². The first kappa shape index (κ1) is 13.3. The van der Waals surface area contributed by atoms with E-state index in [1.807, 2.05) is 30.3 Å². The maximum atomic E-state index is 12.1. The highest BCUT2D eigenvalue weighted by Crippen LogP contribution is 2.32. The van der Waals surface area contributed by atoms with Crippen molar-refractivity contribution < 1.29 is 9.21 Å². The van der Waals surface area contributed by atoms with Crippen LogP contribution in [0.25, 0.3) is 10.2 Å². The normalized spacial score (nSPS) is 15.0. The zero-order valence-corrected chi connectivity index (χ0v) is 12.7. The lowest BCUT2D eigenvalue weighted by Crippen LogP contribution is -2.53. The molecule has 0 unspecified atom stereocenters. The summed E-state index contributed by atoms with van der Waals surface area (Å²) in [6.07, 6.45) is 1.61. The van der Waals surface area contributed by atoms with Gasteiger partial charge in [-0.3, -0.25) is 4.79 Å². The van der Waals surface area contributed by atoms with Gasteiger partial charge in [0.25, 0.3) is 0 Å². The minimum Gasteiger partial charge on any atom is -0.467 e. The second-order valence-electron chi connectivity index (χ2n) is 5.36. The largest absolute Gasteiger partial charge is 0.467 e. The number of para-hydroxylation sites is 1. The zero-order valence-electron chi connectivity index (χ0n) is 11.9. The summed E-state index contributed by atoms with van der Waals surface area (Å²) in [7, 11) is 0. The molecule has 0 atom stereocenters. The summed E-state index contributed by atoms with van der Waals surface area (Å²) >= 11 is 1.67. The molecule has 1 aliphatic heterocycles. The molecule has 3 heterocycles. The van der Waals surface area contributed by atoms with E-state index in [9.17, 15) is 4.79 Å². The molecule has 1 fully saturated rings. The van der Waals surface area contributed by atoms with Gasteiger partial charge in [-0.05, 0) is 24.3 Å². The third kappa shape index (κ3) is 2.46. The van der Waals surface area contributed by atoms with Crippen LogP contribution >= 0.6 is 11.3 Å². The van der Waals surface area contributed by atoms with Gasteiger partial charge in [0.2, 0.25) is 5.91 Å². The van der Waals surface area contributed by atoms with Crippen molar-refractivity contribution in [2.24, 2.45) is 5.92 Å². The number of furan rings is 1. The van der Waals surface area contributed by atoms with Crippen LogP contribution in [0.1, 0.15) is 5.76 Å². The molecule has 0 spiro atoms. The van der Waals surface area contributed by atoms with E-state index in [1.54, 1.807) is 17.6 Å². The van der Waals surface area contributed by atoms with Gasteiger partial charge in [-0.1, -0.05) is 23.5 Å². The minimum atomic E-state index is 0.0296. The first-order chi connectivity index (χ1) is 10.8. The van der Waals surface area contributed by atoms with Gasteiger partial charge >= 0.3 is 0 Å². The molecule has 6 heteroatoms. The summed E-state index contributed by atoms with van der Waals surface area (Å²) in [5, 5.41) is 3.91. The minimum absolute atomic E-state index is 0.0296. The second-order valence-corrected chi connectivity index (χ2v) is 6.37. The van der Waals surface area contributed by atoms with Crippen LogP contribution in [0.5, 0.6) is 0 Å². The van der Waals surface area contributed by atoms with Crippen LogP contribution in [-0.4, -0.2) is 24.0 Å². The van der Waals surface area contributed by atoms with Crippen molar-refractivity contribution in [1.29, 1.82) is 0 Å². The first-order valence-corrected chi connectivity index (χ1v) is 8.02. The molecular weight excluding hydrogens is 298 g/mol. The van der Waals surface area contributed by atoms with Crippen molar-refractivity contribution in [3.63, 3.8) is 0 Å². The zero-order chi connectivity index (χ0) is 14.9. The summed E-state index contributed by atoms with van der Waals surface area (Å²) in [6, 6.07) is 11.8. The molecule has 3 aromatic rings. The van der Waals surface area contributed by atoms with Gasteiger partial charge in [0, 0.05) is 13.1 Å². The quantitative estimate of drug-likeness (QED) is 0.804. The molecule has 5 nitrogen and oxygen atoms in total. The fourth-order valence-corrected chi connectivity index (χ4v) is 3.51. The monoisotopic (exact) mass is 313 g/mol. The number of carbonyl (C=O) groups excluding carboxylic acids is 1. The van der Waals surface area contributed by atoms with E-state index in [1.165, 1.54) is 4.70 Å².